The van der Waals surface area contributed by atoms with E-state index in [-0.39, 0.29) is 6.10 Å². The molecular formula is C12H28N2OS. The largest absolute Gasteiger partial charge is 0.377 e. The normalized spacial score (nSPS) is 15.4. The third kappa shape index (κ3) is 7.49. The number of hydrogen-bond donors (Lipinski definition) is 1. The molecule has 0 aliphatic heterocycles. The summed E-state index contributed by atoms with van der Waals surface area (Å²) in [5, 5.41) is 0. The first-order valence-corrected chi connectivity index (χ1v) is 7.55. The van der Waals surface area contributed by atoms with Crippen molar-refractivity contribution in [2.75, 3.05) is 38.8 Å². The van der Waals surface area contributed by atoms with E-state index < -0.39 is 0 Å². The monoisotopic (exact) mass is 248 g/mol. The predicted octanol–water partition coefficient (Wildman–Crippen LogP) is 1.81. The standard InChI is InChI=1S/C12H28N2OS/c1-5-15-12(10-13)6-8-14(3)11(2)7-9-16-4/h11-12H,5-10,13H2,1-4H3. The van der Waals surface area contributed by atoms with Crippen LogP contribution in [0.4, 0.5) is 0 Å². The topological polar surface area (TPSA) is 38.5 Å². The van der Waals surface area contributed by atoms with Gasteiger partial charge in [0.2, 0.25) is 0 Å². The van der Waals surface area contributed by atoms with Gasteiger partial charge in [0.25, 0.3) is 0 Å². The number of nitrogens with two attached hydrogens (primary N) is 1. The molecular weight excluding hydrogens is 220 g/mol. The fourth-order valence-corrected chi connectivity index (χ4v) is 2.16. The van der Waals surface area contributed by atoms with Gasteiger partial charge in [-0.3, -0.25) is 0 Å². The van der Waals surface area contributed by atoms with E-state index >= 15 is 0 Å². The van der Waals surface area contributed by atoms with Crippen LogP contribution in [-0.4, -0.2) is 55.8 Å². The van der Waals surface area contributed by atoms with Gasteiger partial charge >= 0.3 is 0 Å². The maximum atomic E-state index is 5.65. The molecule has 98 valence electrons. The summed E-state index contributed by atoms with van der Waals surface area (Å²) in [5.74, 6) is 1.23. The second-order valence-electron chi connectivity index (χ2n) is 4.21. The quantitative estimate of drug-likeness (QED) is 0.640. The third-order valence-electron chi connectivity index (χ3n) is 2.96. The summed E-state index contributed by atoms with van der Waals surface area (Å²) in [6.07, 6.45) is 4.66. The van der Waals surface area contributed by atoms with E-state index in [0.29, 0.717) is 12.6 Å². The lowest BCUT2D eigenvalue weighted by molar-refractivity contribution is 0.0535. The van der Waals surface area contributed by atoms with E-state index in [9.17, 15) is 0 Å². The van der Waals surface area contributed by atoms with Gasteiger partial charge in [-0.05, 0) is 45.7 Å². The van der Waals surface area contributed by atoms with Gasteiger partial charge in [-0.15, -0.1) is 0 Å². The van der Waals surface area contributed by atoms with Crippen LogP contribution in [0.25, 0.3) is 0 Å². The molecule has 0 aliphatic carbocycles. The van der Waals surface area contributed by atoms with E-state index in [1.54, 1.807) is 0 Å². The Balaban J connectivity index is 3.71. The molecule has 0 aliphatic rings. The zero-order valence-electron chi connectivity index (χ0n) is 11.2. The van der Waals surface area contributed by atoms with E-state index in [4.69, 9.17) is 10.5 Å². The van der Waals surface area contributed by atoms with Crippen molar-refractivity contribution < 1.29 is 4.74 Å². The van der Waals surface area contributed by atoms with Crippen LogP contribution >= 0.6 is 11.8 Å². The SMILES string of the molecule is CCOC(CN)CCN(C)C(C)CCSC. The predicted molar refractivity (Wildman–Crippen MR) is 74.2 cm³/mol. The molecule has 4 heteroatoms. The number of rotatable bonds is 10. The van der Waals surface area contributed by atoms with Crippen LogP contribution in [0.15, 0.2) is 0 Å². The zero-order chi connectivity index (χ0) is 12.4. The van der Waals surface area contributed by atoms with Crippen molar-refractivity contribution in [1.29, 1.82) is 0 Å². The van der Waals surface area contributed by atoms with Crippen LogP contribution in [0.5, 0.6) is 0 Å². The highest BCUT2D eigenvalue weighted by Crippen LogP contribution is 2.07. The second-order valence-corrected chi connectivity index (χ2v) is 5.20. The van der Waals surface area contributed by atoms with Gasteiger partial charge in [0, 0.05) is 25.7 Å². The van der Waals surface area contributed by atoms with Gasteiger partial charge < -0.3 is 15.4 Å². The molecule has 0 aromatic heterocycles. The van der Waals surface area contributed by atoms with Gasteiger partial charge in [0.1, 0.15) is 0 Å². The molecule has 0 radical (unpaired) electrons. The Kier molecular flexibility index (Phi) is 10.5. The van der Waals surface area contributed by atoms with Gasteiger partial charge in [-0.25, -0.2) is 0 Å². The highest BCUT2D eigenvalue weighted by atomic mass is 32.2. The summed E-state index contributed by atoms with van der Waals surface area (Å²) in [6, 6.07) is 0.646. The highest BCUT2D eigenvalue weighted by molar-refractivity contribution is 7.98. The fraction of sp³-hybridized carbons (Fsp3) is 1.00. The van der Waals surface area contributed by atoms with Crippen molar-refractivity contribution in [3.05, 3.63) is 0 Å². The molecule has 2 N–H and O–H groups in total. The van der Waals surface area contributed by atoms with Crippen LogP contribution in [0, 0.1) is 0 Å². The molecule has 0 heterocycles. The molecule has 0 spiro atoms. The second kappa shape index (κ2) is 10.4. The molecule has 0 amide bonds. The Morgan fingerprint density at radius 2 is 2.06 bits per heavy atom. The first kappa shape index (κ1) is 16.2. The Morgan fingerprint density at radius 1 is 1.38 bits per heavy atom. The smallest absolute Gasteiger partial charge is 0.0709 e. The fourth-order valence-electron chi connectivity index (χ4n) is 1.58. The maximum absolute atomic E-state index is 5.65. The van der Waals surface area contributed by atoms with E-state index in [2.05, 4.69) is 25.1 Å². The molecule has 0 bridgehead atoms. The highest BCUT2D eigenvalue weighted by Gasteiger charge is 2.11. The molecule has 2 unspecified atom stereocenters. The molecule has 16 heavy (non-hydrogen) atoms. The third-order valence-corrected chi connectivity index (χ3v) is 3.61. The van der Waals surface area contributed by atoms with Crippen molar-refractivity contribution in [2.24, 2.45) is 5.73 Å². The molecule has 0 saturated heterocycles. The Morgan fingerprint density at radius 3 is 2.56 bits per heavy atom. The number of ether oxygens (including phenoxy) is 1. The molecule has 0 fully saturated rings. The van der Waals surface area contributed by atoms with Crippen molar-refractivity contribution >= 4 is 11.8 Å². The van der Waals surface area contributed by atoms with Gasteiger partial charge in [-0.1, -0.05) is 0 Å². The van der Waals surface area contributed by atoms with E-state index in [1.807, 2.05) is 18.7 Å². The van der Waals surface area contributed by atoms with Crippen molar-refractivity contribution in [1.82, 2.24) is 4.90 Å². The van der Waals surface area contributed by atoms with Crippen LogP contribution in [-0.2, 0) is 4.74 Å². The van der Waals surface area contributed by atoms with Gasteiger partial charge in [0.05, 0.1) is 6.10 Å². The lowest BCUT2D eigenvalue weighted by Crippen LogP contribution is -2.34. The molecule has 0 saturated carbocycles. The minimum atomic E-state index is 0.222. The average Bonchev–Trinajstić information content (AvgIpc) is 2.30. The van der Waals surface area contributed by atoms with E-state index in [0.717, 1.165) is 19.6 Å². The summed E-state index contributed by atoms with van der Waals surface area (Å²) >= 11 is 1.91. The van der Waals surface area contributed by atoms with Gasteiger partial charge in [0.15, 0.2) is 0 Å². The minimum Gasteiger partial charge on any atom is -0.377 e. The number of thioether (sulfide) groups is 1. The first-order chi connectivity index (χ1) is 7.65. The first-order valence-electron chi connectivity index (χ1n) is 6.16. The maximum Gasteiger partial charge on any atom is 0.0709 e. The Labute approximate surface area is 105 Å². The van der Waals surface area contributed by atoms with Crippen molar-refractivity contribution in [2.45, 2.75) is 38.8 Å². The van der Waals surface area contributed by atoms with Crippen LogP contribution in [0.2, 0.25) is 0 Å². The van der Waals surface area contributed by atoms with Crippen LogP contribution in [0.3, 0.4) is 0 Å². The Hall–Kier alpha value is 0.230. The zero-order valence-corrected chi connectivity index (χ0v) is 12.1. The van der Waals surface area contributed by atoms with Crippen LogP contribution in [0.1, 0.15) is 26.7 Å². The lowest BCUT2D eigenvalue weighted by Gasteiger charge is -2.26. The number of hydrogen-bond acceptors (Lipinski definition) is 4. The summed E-state index contributed by atoms with van der Waals surface area (Å²) < 4.78 is 5.55. The van der Waals surface area contributed by atoms with Crippen molar-refractivity contribution in [3.8, 4) is 0 Å². The molecule has 2 atom stereocenters. The summed E-state index contributed by atoms with van der Waals surface area (Å²) in [4.78, 5) is 2.40. The molecule has 0 rings (SSSR count). The van der Waals surface area contributed by atoms with Crippen molar-refractivity contribution in [3.63, 3.8) is 0 Å². The molecule has 0 aromatic carbocycles. The number of nitrogens with zero attached hydrogens (tertiary/aromatic N) is 1. The molecule has 3 nitrogen and oxygen atoms in total. The summed E-state index contributed by atoms with van der Waals surface area (Å²) in [7, 11) is 2.19. The van der Waals surface area contributed by atoms with Gasteiger partial charge in [-0.2, -0.15) is 11.8 Å². The van der Waals surface area contributed by atoms with E-state index in [1.165, 1.54) is 12.2 Å². The average molecular weight is 248 g/mol. The molecule has 0 aromatic rings. The Bertz CT molecular complexity index is 158. The van der Waals surface area contributed by atoms with Crippen LogP contribution < -0.4 is 5.73 Å². The summed E-state index contributed by atoms with van der Waals surface area (Å²) in [6.45, 7) is 6.76. The lowest BCUT2D eigenvalue weighted by atomic mass is 10.2. The summed E-state index contributed by atoms with van der Waals surface area (Å²) in [5.41, 5.74) is 5.65. The minimum absolute atomic E-state index is 0.222.